The summed E-state index contributed by atoms with van der Waals surface area (Å²) in [6, 6.07) is 9.71. The van der Waals surface area contributed by atoms with Crippen LogP contribution in [-0.4, -0.2) is 31.5 Å². The molecule has 0 radical (unpaired) electrons. The van der Waals surface area contributed by atoms with E-state index >= 15 is 0 Å². The Bertz CT molecular complexity index is 396. The molecule has 0 N–H and O–H groups in total. The molecule has 0 unspecified atom stereocenters. The van der Waals surface area contributed by atoms with Gasteiger partial charge in [0, 0.05) is 12.1 Å². The first-order valence-electron chi connectivity index (χ1n) is 6.14. The van der Waals surface area contributed by atoms with Crippen molar-refractivity contribution < 1.29 is 9.53 Å². The maximum Gasteiger partial charge on any atom is 0.334 e. The number of nitrogens with zero attached hydrogens (tertiary/aromatic N) is 1. The molecule has 0 amide bonds. The van der Waals surface area contributed by atoms with Crippen molar-refractivity contribution in [3.8, 4) is 0 Å². The predicted octanol–water partition coefficient (Wildman–Crippen LogP) is 2.63. The maximum absolute atomic E-state index is 11.9. The summed E-state index contributed by atoms with van der Waals surface area (Å²) in [6.07, 6.45) is 2.55. The van der Waals surface area contributed by atoms with Gasteiger partial charge in [0.15, 0.2) is 0 Å². The van der Waals surface area contributed by atoms with E-state index in [2.05, 4.69) is 0 Å². The van der Waals surface area contributed by atoms with Gasteiger partial charge >= 0.3 is 5.97 Å². The molecule has 0 heterocycles. The minimum Gasteiger partial charge on any atom is -0.457 e. The van der Waals surface area contributed by atoms with E-state index < -0.39 is 0 Å². The third-order valence-electron chi connectivity index (χ3n) is 2.65. The fourth-order valence-corrected chi connectivity index (χ4v) is 1.52. The van der Waals surface area contributed by atoms with Crippen LogP contribution in [-0.2, 0) is 16.1 Å². The van der Waals surface area contributed by atoms with Crippen LogP contribution in [0.1, 0.15) is 18.9 Å². The summed E-state index contributed by atoms with van der Waals surface area (Å²) in [7, 11) is 3.98. The van der Waals surface area contributed by atoms with Crippen LogP contribution in [0, 0.1) is 0 Å². The minimum atomic E-state index is -0.219. The highest BCUT2D eigenvalue weighted by Gasteiger charge is 2.10. The molecule has 0 aliphatic carbocycles. The van der Waals surface area contributed by atoms with E-state index in [9.17, 15) is 4.79 Å². The zero-order valence-electron chi connectivity index (χ0n) is 11.3. The van der Waals surface area contributed by atoms with Gasteiger partial charge in [-0.15, -0.1) is 0 Å². The second-order valence-electron chi connectivity index (χ2n) is 4.43. The molecule has 0 saturated heterocycles. The molecule has 18 heavy (non-hydrogen) atoms. The second kappa shape index (κ2) is 7.67. The lowest BCUT2D eigenvalue weighted by Crippen LogP contribution is -2.17. The van der Waals surface area contributed by atoms with Gasteiger partial charge in [0.2, 0.25) is 0 Å². The summed E-state index contributed by atoms with van der Waals surface area (Å²) in [4.78, 5) is 13.9. The Morgan fingerprint density at radius 1 is 1.28 bits per heavy atom. The third kappa shape index (κ3) is 5.15. The highest BCUT2D eigenvalue weighted by Crippen LogP contribution is 2.08. The van der Waals surface area contributed by atoms with Crippen LogP contribution < -0.4 is 0 Å². The van der Waals surface area contributed by atoms with E-state index in [1.807, 2.05) is 62.3 Å². The first kappa shape index (κ1) is 14.5. The zero-order valence-corrected chi connectivity index (χ0v) is 11.3. The van der Waals surface area contributed by atoms with Crippen LogP contribution in [0.3, 0.4) is 0 Å². The number of rotatable bonds is 6. The summed E-state index contributed by atoms with van der Waals surface area (Å²) in [5.74, 6) is -0.219. The molecule has 1 rings (SSSR count). The van der Waals surface area contributed by atoms with Crippen molar-refractivity contribution in [1.82, 2.24) is 4.90 Å². The summed E-state index contributed by atoms with van der Waals surface area (Å²) in [5, 5.41) is 0. The van der Waals surface area contributed by atoms with Gasteiger partial charge in [-0.1, -0.05) is 36.4 Å². The van der Waals surface area contributed by atoms with Crippen LogP contribution in [0.25, 0.3) is 0 Å². The van der Waals surface area contributed by atoms with E-state index in [0.29, 0.717) is 6.61 Å². The van der Waals surface area contributed by atoms with E-state index in [1.165, 1.54) is 0 Å². The largest absolute Gasteiger partial charge is 0.457 e. The van der Waals surface area contributed by atoms with Crippen molar-refractivity contribution in [2.75, 3.05) is 20.6 Å². The van der Waals surface area contributed by atoms with Gasteiger partial charge in [0.05, 0.1) is 0 Å². The Labute approximate surface area is 109 Å². The average Bonchev–Trinajstić information content (AvgIpc) is 2.38. The van der Waals surface area contributed by atoms with Crippen molar-refractivity contribution in [3.63, 3.8) is 0 Å². The van der Waals surface area contributed by atoms with Crippen LogP contribution in [0.2, 0.25) is 0 Å². The summed E-state index contributed by atoms with van der Waals surface area (Å²) in [6.45, 7) is 3.05. The molecule has 3 nitrogen and oxygen atoms in total. The number of allylic oxidation sites excluding steroid dienone is 1. The zero-order chi connectivity index (χ0) is 13.4. The van der Waals surface area contributed by atoms with Crippen molar-refractivity contribution in [3.05, 3.63) is 47.5 Å². The first-order valence-corrected chi connectivity index (χ1v) is 6.14. The Morgan fingerprint density at radius 2 is 1.94 bits per heavy atom. The van der Waals surface area contributed by atoms with Gasteiger partial charge in [-0.2, -0.15) is 0 Å². The summed E-state index contributed by atoms with van der Waals surface area (Å²) in [5.41, 5.74) is 1.74. The van der Waals surface area contributed by atoms with Crippen molar-refractivity contribution >= 4 is 5.97 Å². The maximum atomic E-state index is 11.9. The number of hydrogen-bond donors (Lipinski definition) is 0. The van der Waals surface area contributed by atoms with Crippen LogP contribution in [0.4, 0.5) is 0 Å². The Hall–Kier alpha value is -1.61. The van der Waals surface area contributed by atoms with Gasteiger partial charge in [0.25, 0.3) is 0 Å². The topological polar surface area (TPSA) is 29.5 Å². The SMILES string of the molecule is CC=C(CCN(C)C)C(=O)OCc1ccccc1. The number of hydrogen-bond acceptors (Lipinski definition) is 3. The minimum absolute atomic E-state index is 0.219. The Kier molecular flexibility index (Phi) is 6.15. The second-order valence-corrected chi connectivity index (χ2v) is 4.43. The standard InChI is InChI=1S/C15H21NO2/c1-4-14(10-11-16(2)3)15(17)18-12-13-8-6-5-7-9-13/h4-9H,10-12H2,1-3H3. The van der Waals surface area contributed by atoms with E-state index in [-0.39, 0.29) is 5.97 Å². The average molecular weight is 247 g/mol. The molecule has 0 aliphatic rings. The first-order chi connectivity index (χ1) is 8.63. The molecular weight excluding hydrogens is 226 g/mol. The van der Waals surface area contributed by atoms with E-state index in [0.717, 1.165) is 24.1 Å². The molecule has 1 aromatic rings. The molecule has 0 aromatic heterocycles. The lowest BCUT2D eigenvalue weighted by molar-refractivity contribution is -0.140. The monoisotopic (exact) mass is 247 g/mol. The molecule has 0 spiro atoms. The van der Waals surface area contributed by atoms with Gasteiger partial charge in [0.1, 0.15) is 6.61 Å². The number of esters is 1. The molecule has 98 valence electrons. The molecule has 0 saturated carbocycles. The van der Waals surface area contributed by atoms with Crippen molar-refractivity contribution in [2.24, 2.45) is 0 Å². The lowest BCUT2D eigenvalue weighted by atomic mass is 10.2. The molecule has 1 aromatic carbocycles. The van der Waals surface area contributed by atoms with Gasteiger partial charge in [-0.25, -0.2) is 4.79 Å². The smallest absolute Gasteiger partial charge is 0.334 e. The van der Waals surface area contributed by atoms with Gasteiger partial charge in [-0.05, 0) is 33.0 Å². The lowest BCUT2D eigenvalue weighted by Gasteiger charge is -2.11. The molecule has 0 atom stereocenters. The van der Waals surface area contributed by atoms with Gasteiger partial charge < -0.3 is 9.64 Å². The van der Waals surface area contributed by atoms with E-state index in [1.54, 1.807) is 0 Å². The Balaban J connectivity index is 2.44. The van der Waals surface area contributed by atoms with Crippen LogP contribution >= 0.6 is 0 Å². The van der Waals surface area contributed by atoms with Crippen LogP contribution in [0.5, 0.6) is 0 Å². The summed E-state index contributed by atoms with van der Waals surface area (Å²) < 4.78 is 5.29. The number of carbonyl (C=O) groups is 1. The summed E-state index contributed by atoms with van der Waals surface area (Å²) >= 11 is 0. The molecule has 0 fully saturated rings. The fourth-order valence-electron chi connectivity index (χ4n) is 1.52. The highest BCUT2D eigenvalue weighted by atomic mass is 16.5. The third-order valence-corrected chi connectivity index (χ3v) is 2.65. The van der Waals surface area contributed by atoms with Crippen molar-refractivity contribution in [2.45, 2.75) is 20.0 Å². The fraction of sp³-hybridized carbons (Fsp3) is 0.400. The molecule has 0 aliphatic heterocycles. The Morgan fingerprint density at radius 3 is 2.50 bits per heavy atom. The van der Waals surface area contributed by atoms with Crippen molar-refractivity contribution in [1.29, 1.82) is 0 Å². The number of carbonyl (C=O) groups excluding carboxylic acids is 1. The normalized spacial score (nSPS) is 11.7. The van der Waals surface area contributed by atoms with E-state index in [4.69, 9.17) is 4.74 Å². The molecular formula is C15H21NO2. The highest BCUT2D eigenvalue weighted by molar-refractivity contribution is 5.88. The predicted molar refractivity (Wildman–Crippen MR) is 73.2 cm³/mol. The quantitative estimate of drug-likeness (QED) is 0.571. The van der Waals surface area contributed by atoms with Gasteiger partial charge in [-0.3, -0.25) is 0 Å². The molecule has 0 bridgehead atoms. The number of benzene rings is 1. The number of ether oxygens (including phenoxy) is 1. The molecule has 3 heteroatoms. The van der Waals surface area contributed by atoms with Crippen LogP contribution in [0.15, 0.2) is 42.0 Å².